The van der Waals surface area contributed by atoms with Crippen molar-refractivity contribution in [2.75, 3.05) is 0 Å². The van der Waals surface area contributed by atoms with E-state index in [9.17, 15) is 24.9 Å². The molecule has 5 rings (SSSR count). The van der Waals surface area contributed by atoms with E-state index in [-0.39, 0.29) is 33.5 Å². The number of carboxylic acid groups (broad SMARTS) is 1. The molecule has 0 aromatic carbocycles. The van der Waals surface area contributed by atoms with Crippen LogP contribution in [0.15, 0.2) is 11.6 Å². The summed E-state index contributed by atoms with van der Waals surface area (Å²) in [4.78, 5) is 25.1. The van der Waals surface area contributed by atoms with E-state index in [1.54, 1.807) is 0 Å². The summed E-state index contributed by atoms with van der Waals surface area (Å²) in [6.07, 6.45) is 9.18. The highest BCUT2D eigenvalue weighted by Gasteiger charge is 2.70. The maximum atomic E-state index is 12.8. The molecular formula is C30H46O5. The quantitative estimate of drug-likeness (QED) is 0.360. The number of aliphatic hydroxyl groups excluding tert-OH is 2. The lowest BCUT2D eigenvalue weighted by Crippen LogP contribution is -2.66. The minimum absolute atomic E-state index is 0.0132. The van der Waals surface area contributed by atoms with Crippen LogP contribution in [0.25, 0.3) is 0 Å². The number of aldehydes is 1. The average Bonchev–Trinajstić information content (AvgIpc) is 2.78. The van der Waals surface area contributed by atoms with E-state index in [2.05, 4.69) is 40.7 Å². The first-order valence-electron chi connectivity index (χ1n) is 13.9. The summed E-state index contributed by atoms with van der Waals surface area (Å²) < 4.78 is 0. The summed E-state index contributed by atoms with van der Waals surface area (Å²) >= 11 is 0. The fourth-order valence-electron chi connectivity index (χ4n) is 10.5. The normalized spacial score (nSPS) is 54.9. The number of rotatable bonds is 2. The molecule has 10 atom stereocenters. The van der Waals surface area contributed by atoms with Gasteiger partial charge in [0.15, 0.2) is 0 Å². The molecule has 4 fully saturated rings. The van der Waals surface area contributed by atoms with Crippen molar-refractivity contribution in [3.63, 3.8) is 0 Å². The van der Waals surface area contributed by atoms with Crippen molar-refractivity contribution in [2.24, 2.45) is 50.2 Å². The topological polar surface area (TPSA) is 94.8 Å². The predicted octanol–water partition coefficient (Wildman–Crippen LogP) is 5.38. The number of carbonyl (C=O) groups is 2. The summed E-state index contributed by atoms with van der Waals surface area (Å²) in [6, 6.07) is 0. The third-order valence-electron chi connectivity index (χ3n) is 13.2. The zero-order valence-corrected chi connectivity index (χ0v) is 22.6. The Morgan fingerprint density at radius 2 is 1.60 bits per heavy atom. The fourth-order valence-corrected chi connectivity index (χ4v) is 10.5. The molecule has 196 valence electrons. The first kappa shape index (κ1) is 25.4. The second-order valence-corrected chi connectivity index (χ2v) is 14.8. The van der Waals surface area contributed by atoms with Gasteiger partial charge in [-0.05, 0) is 97.2 Å². The second kappa shape index (κ2) is 7.43. The van der Waals surface area contributed by atoms with Crippen LogP contribution in [-0.4, -0.2) is 39.8 Å². The van der Waals surface area contributed by atoms with Gasteiger partial charge in [-0.15, -0.1) is 0 Å². The Balaban J connectivity index is 1.61. The molecule has 0 spiro atoms. The van der Waals surface area contributed by atoms with E-state index in [4.69, 9.17) is 0 Å². The smallest absolute Gasteiger partial charge is 0.310 e. The molecule has 0 aromatic heterocycles. The van der Waals surface area contributed by atoms with Crippen LogP contribution in [0.4, 0.5) is 0 Å². The van der Waals surface area contributed by atoms with Crippen molar-refractivity contribution in [1.29, 1.82) is 0 Å². The van der Waals surface area contributed by atoms with Crippen LogP contribution >= 0.6 is 0 Å². The lowest BCUT2D eigenvalue weighted by atomic mass is 9.33. The van der Waals surface area contributed by atoms with Crippen LogP contribution in [0, 0.1) is 50.2 Å². The standard InChI is InChI=1S/C30H46O5/c1-25(2)15-19-18-7-8-21-26(3)11-10-22(32)27(4,17-31)20(26)9-12-29(21,6)28(18,5)13-14-30(19,24(34)35)16-23(25)33/h7,17,19-23,32-33H,8-16H2,1-6H3,(H,34,35)/t19-,20+,21+,22-,23-,26-,27-,28+,29+,30+/m0/s1. The fraction of sp³-hybridized carbons (Fsp3) is 0.867. The van der Waals surface area contributed by atoms with E-state index in [1.807, 2.05) is 6.92 Å². The third-order valence-corrected chi connectivity index (χ3v) is 13.2. The van der Waals surface area contributed by atoms with Crippen molar-refractivity contribution in [1.82, 2.24) is 0 Å². The number of carboxylic acids is 1. The zero-order chi connectivity index (χ0) is 25.8. The molecule has 0 radical (unpaired) electrons. The number of aliphatic hydroxyl groups is 2. The minimum Gasteiger partial charge on any atom is -0.481 e. The largest absolute Gasteiger partial charge is 0.481 e. The molecule has 3 N–H and O–H groups in total. The van der Waals surface area contributed by atoms with E-state index < -0.39 is 29.0 Å². The Bertz CT molecular complexity index is 970. The van der Waals surface area contributed by atoms with E-state index in [0.717, 1.165) is 38.4 Å². The Morgan fingerprint density at radius 3 is 2.23 bits per heavy atom. The van der Waals surface area contributed by atoms with Gasteiger partial charge in [-0.2, -0.15) is 0 Å². The maximum Gasteiger partial charge on any atom is 0.310 e. The summed E-state index contributed by atoms with van der Waals surface area (Å²) in [7, 11) is 0. The van der Waals surface area contributed by atoms with Gasteiger partial charge in [0.05, 0.1) is 23.0 Å². The highest BCUT2D eigenvalue weighted by atomic mass is 16.4. The summed E-state index contributed by atoms with van der Waals surface area (Å²) in [5.74, 6) is -0.230. The molecule has 35 heavy (non-hydrogen) atoms. The van der Waals surface area contributed by atoms with Crippen LogP contribution in [0.5, 0.6) is 0 Å². The van der Waals surface area contributed by atoms with E-state index >= 15 is 0 Å². The summed E-state index contributed by atoms with van der Waals surface area (Å²) in [6.45, 7) is 13.4. The number of allylic oxidation sites excluding steroid dienone is 2. The Morgan fingerprint density at radius 1 is 0.914 bits per heavy atom. The molecule has 0 heterocycles. The van der Waals surface area contributed by atoms with Crippen molar-refractivity contribution in [3.8, 4) is 0 Å². The van der Waals surface area contributed by atoms with Crippen LogP contribution in [0.2, 0.25) is 0 Å². The van der Waals surface area contributed by atoms with Gasteiger partial charge in [-0.1, -0.05) is 53.2 Å². The molecule has 0 unspecified atom stereocenters. The Labute approximate surface area is 210 Å². The van der Waals surface area contributed by atoms with Gasteiger partial charge in [-0.25, -0.2) is 0 Å². The number of carbonyl (C=O) groups excluding carboxylic acids is 1. The van der Waals surface area contributed by atoms with Crippen molar-refractivity contribution in [3.05, 3.63) is 11.6 Å². The lowest BCUT2D eigenvalue weighted by Gasteiger charge is -2.71. The van der Waals surface area contributed by atoms with Crippen molar-refractivity contribution >= 4 is 12.3 Å². The molecule has 0 amide bonds. The Kier molecular flexibility index (Phi) is 5.40. The van der Waals surface area contributed by atoms with Crippen molar-refractivity contribution < 1.29 is 24.9 Å². The SMILES string of the molecule is CC1(C)C[C@H]2C3=CC[C@@H]4[C@@]5(C)CC[C@H](O)[C@@](C)(C=O)[C@@H]5CC[C@@]4(C)[C@]3(C)CC[C@@]2(C(=O)O)C[C@@H]1O. The zero-order valence-electron chi connectivity index (χ0n) is 22.6. The molecule has 0 bridgehead atoms. The Hall–Kier alpha value is -1.20. The number of fused-ring (bicyclic) bond motifs is 7. The van der Waals surface area contributed by atoms with Crippen molar-refractivity contribution in [2.45, 2.75) is 112 Å². The molecule has 0 aromatic rings. The van der Waals surface area contributed by atoms with Gasteiger partial charge in [0.2, 0.25) is 0 Å². The predicted molar refractivity (Wildman–Crippen MR) is 134 cm³/mol. The maximum absolute atomic E-state index is 12.8. The number of hydrogen-bond donors (Lipinski definition) is 3. The van der Waals surface area contributed by atoms with Crippen LogP contribution < -0.4 is 0 Å². The van der Waals surface area contributed by atoms with Gasteiger partial charge >= 0.3 is 5.97 Å². The van der Waals surface area contributed by atoms with Gasteiger partial charge in [0.25, 0.3) is 0 Å². The van der Waals surface area contributed by atoms with Crippen LogP contribution in [-0.2, 0) is 9.59 Å². The van der Waals surface area contributed by atoms with Gasteiger partial charge in [0.1, 0.15) is 6.29 Å². The van der Waals surface area contributed by atoms with Gasteiger partial charge < -0.3 is 20.1 Å². The first-order chi connectivity index (χ1) is 16.1. The van der Waals surface area contributed by atoms with E-state index in [0.29, 0.717) is 31.6 Å². The van der Waals surface area contributed by atoms with Crippen LogP contribution in [0.1, 0.15) is 99.3 Å². The molecule has 0 aliphatic heterocycles. The van der Waals surface area contributed by atoms with Crippen LogP contribution in [0.3, 0.4) is 0 Å². The number of hydrogen-bond acceptors (Lipinski definition) is 4. The second-order valence-electron chi connectivity index (χ2n) is 14.8. The summed E-state index contributed by atoms with van der Waals surface area (Å²) in [5.41, 5.74) is -0.672. The third kappa shape index (κ3) is 2.94. The van der Waals surface area contributed by atoms with E-state index in [1.165, 1.54) is 5.57 Å². The van der Waals surface area contributed by atoms with Gasteiger partial charge in [0, 0.05) is 0 Å². The minimum atomic E-state index is -0.879. The molecule has 5 aliphatic rings. The monoisotopic (exact) mass is 486 g/mol. The lowest BCUT2D eigenvalue weighted by molar-refractivity contribution is -0.207. The average molecular weight is 487 g/mol. The first-order valence-corrected chi connectivity index (χ1v) is 13.9. The molecule has 5 heteroatoms. The summed E-state index contributed by atoms with van der Waals surface area (Å²) in [5, 5.41) is 32.2. The molecule has 0 saturated heterocycles. The molecule has 5 aliphatic carbocycles. The van der Waals surface area contributed by atoms with Gasteiger partial charge in [-0.3, -0.25) is 4.79 Å². The highest BCUT2D eigenvalue weighted by molar-refractivity contribution is 5.77. The molecular weight excluding hydrogens is 440 g/mol. The molecule has 5 nitrogen and oxygen atoms in total. The number of aliphatic carboxylic acids is 1. The highest BCUT2D eigenvalue weighted by Crippen LogP contribution is 2.75. The molecule has 4 saturated carbocycles.